The lowest BCUT2D eigenvalue weighted by Crippen LogP contribution is -2.57. The van der Waals surface area contributed by atoms with Gasteiger partial charge in [-0.3, -0.25) is 19.2 Å². The minimum atomic E-state index is -1.01. The zero-order valence-electron chi connectivity index (χ0n) is 28.8. The smallest absolute Gasteiger partial charge is 0.243 e. The van der Waals surface area contributed by atoms with Gasteiger partial charge in [0.05, 0.1) is 6.04 Å². The molecule has 0 aliphatic heterocycles. The second-order valence-electron chi connectivity index (χ2n) is 13.0. The van der Waals surface area contributed by atoms with Gasteiger partial charge in [0, 0.05) is 26.3 Å². The fraction of sp³-hybridized carbons (Fsp3) is 0.286. The molecule has 5 aromatic carbocycles. The maximum absolute atomic E-state index is 14.3. The monoisotopic (exact) mass is 670 g/mol. The third-order valence-corrected chi connectivity index (χ3v) is 9.23. The number of Topliss-reactive ketones (excluding diaryl/α,β-unsaturated/α-hetero) is 1. The average Bonchev–Trinajstić information content (AvgIpc) is 3.13. The first-order chi connectivity index (χ1) is 24.2. The van der Waals surface area contributed by atoms with Crippen LogP contribution < -0.4 is 16.4 Å². The van der Waals surface area contributed by atoms with E-state index in [1.165, 1.54) is 11.8 Å². The van der Waals surface area contributed by atoms with Crippen molar-refractivity contribution in [1.82, 2.24) is 15.5 Å². The lowest BCUT2D eigenvalue weighted by molar-refractivity contribution is -0.140. The summed E-state index contributed by atoms with van der Waals surface area (Å²) < 4.78 is 0. The number of amides is 3. The van der Waals surface area contributed by atoms with E-state index in [0.29, 0.717) is 25.8 Å². The van der Waals surface area contributed by atoms with Gasteiger partial charge in [-0.1, -0.05) is 115 Å². The van der Waals surface area contributed by atoms with E-state index in [-0.39, 0.29) is 31.0 Å². The number of hydrogen-bond donors (Lipinski definition) is 3. The first-order valence-corrected chi connectivity index (χ1v) is 17.3. The molecular weight excluding hydrogens is 624 g/mol. The average molecular weight is 671 g/mol. The van der Waals surface area contributed by atoms with E-state index in [4.69, 9.17) is 5.73 Å². The molecule has 3 atom stereocenters. The summed E-state index contributed by atoms with van der Waals surface area (Å²) in [5, 5.41) is 10.1. The number of ketones is 1. The van der Waals surface area contributed by atoms with Crippen molar-refractivity contribution in [2.24, 2.45) is 5.73 Å². The Morgan fingerprint density at radius 1 is 0.600 bits per heavy atom. The SMILES string of the molecule is CC(=O)C(Cc1ccccc1)NC(=O)C(Cc1ccc2ccccc2c1)NC(=O)C(Cc1ccc2ccccc2c1)N(C)C(=O)CCCCN. The van der Waals surface area contributed by atoms with Crippen LogP contribution in [0.1, 0.15) is 42.9 Å². The second-order valence-corrected chi connectivity index (χ2v) is 13.0. The number of benzene rings is 5. The van der Waals surface area contributed by atoms with Gasteiger partial charge in [-0.25, -0.2) is 0 Å². The molecule has 5 rings (SSSR count). The van der Waals surface area contributed by atoms with Crippen LogP contribution in [0.4, 0.5) is 0 Å². The second kappa shape index (κ2) is 17.4. The summed E-state index contributed by atoms with van der Waals surface area (Å²) in [6.45, 7) is 1.94. The van der Waals surface area contributed by atoms with E-state index in [0.717, 1.165) is 38.2 Å². The van der Waals surface area contributed by atoms with Crippen molar-refractivity contribution in [3.8, 4) is 0 Å². The first-order valence-electron chi connectivity index (χ1n) is 17.3. The molecule has 0 radical (unpaired) electrons. The van der Waals surface area contributed by atoms with E-state index in [1.54, 1.807) is 7.05 Å². The van der Waals surface area contributed by atoms with Crippen LogP contribution in [0, 0.1) is 0 Å². The molecule has 5 aromatic rings. The highest BCUT2D eigenvalue weighted by molar-refractivity contribution is 5.95. The summed E-state index contributed by atoms with van der Waals surface area (Å²) >= 11 is 0. The van der Waals surface area contributed by atoms with E-state index in [2.05, 4.69) is 10.6 Å². The summed E-state index contributed by atoms with van der Waals surface area (Å²) in [7, 11) is 1.64. The molecule has 8 nitrogen and oxygen atoms in total. The van der Waals surface area contributed by atoms with Crippen LogP contribution in [-0.4, -0.2) is 60.1 Å². The standard InChI is InChI=1S/C42H46N4O4/c1-29(47)37(26-30-12-4-3-5-13-30)44-41(49)38(27-31-19-21-33-14-6-8-16-35(33)24-31)45-42(50)39(46(2)40(48)18-10-11-23-43)28-32-20-22-34-15-7-9-17-36(34)25-32/h3-9,12-17,19-22,24-25,37-39H,10-11,18,23,26-28,43H2,1-2H3,(H,44,49)(H,45,50). The molecule has 0 bridgehead atoms. The molecule has 0 aliphatic rings. The fourth-order valence-electron chi connectivity index (χ4n) is 6.26. The van der Waals surface area contributed by atoms with E-state index >= 15 is 0 Å². The summed E-state index contributed by atoms with van der Waals surface area (Å²) in [5.41, 5.74) is 8.32. The van der Waals surface area contributed by atoms with Crippen LogP contribution in [0.25, 0.3) is 21.5 Å². The van der Waals surface area contributed by atoms with Gasteiger partial charge in [0.1, 0.15) is 12.1 Å². The number of fused-ring (bicyclic) bond motifs is 2. The highest BCUT2D eigenvalue weighted by atomic mass is 16.2. The first kappa shape index (κ1) is 36.0. The fourth-order valence-corrected chi connectivity index (χ4v) is 6.26. The number of rotatable bonds is 16. The topological polar surface area (TPSA) is 122 Å². The molecular formula is C42H46N4O4. The van der Waals surface area contributed by atoms with Crippen LogP contribution in [-0.2, 0) is 38.4 Å². The molecule has 0 aliphatic carbocycles. The maximum atomic E-state index is 14.3. The molecule has 4 N–H and O–H groups in total. The number of likely N-dealkylation sites (N-methyl/N-ethyl adjacent to an activating group) is 1. The third kappa shape index (κ3) is 9.64. The van der Waals surface area contributed by atoms with Crippen molar-refractivity contribution in [1.29, 1.82) is 0 Å². The normalized spacial score (nSPS) is 12.9. The molecule has 0 saturated carbocycles. The molecule has 258 valence electrons. The lowest BCUT2D eigenvalue weighted by atomic mass is 9.97. The molecule has 0 fully saturated rings. The van der Waals surface area contributed by atoms with Crippen LogP contribution >= 0.6 is 0 Å². The summed E-state index contributed by atoms with van der Waals surface area (Å²) in [6.07, 6.45) is 2.35. The highest BCUT2D eigenvalue weighted by Gasteiger charge is 2.32. The Balaban J connectivity index is 1.44. The molecule has 0 heterocycles. The van der Waals surface area contributed by atoms with Gasteiger partial charge in [0.15, 0.2) is 5.78 Å². The molecule has 3 amide bonds. The number of nitrogens with one attached hydrogen (secondary N) is 2. The highest BCUT2D eigenvalue weighted by Crippen LogP contribution is 2.20. The number of nitrogens with zero attached hydrogens (tertiary/aromatic N) is 1. The minimum Gasteiger partial charge on any atom is -0.344 e. The van der Waals surface area contributed by atoms with Crippen LogP contribution in [0.3, 0.4) is 0 Å². The minimum absolute atomic E-state index is 0.172. The number of hydrogen-bond acceptors (Lipinski definition) is 5. The van der Waals surface area contributed by atoms with Gasteiger partial charge in [-0.05, 0) is 71.0 Å². The molecule has 3 unspecified atom stereocenters. The maximum Gasteiger partial charge on any atom is 0.243 e. The molecule has 50 heavy (non-hydrogen) atoms. The van der Waals surface area contributed by atoms with Crippen molar-refractivity contribution in [2.45, 2.75) is 63.6 Å². The van der Waals surface area contributed by atoms with Gasteiger partial charge in [-0.15, -0.1) is 0 Å². The zero-order valence-corrected chi connectivity index (χ0v) is 28.8. The van der Waals surface area contributed by atoms with Crippen LogP contribution in [0.15, 0.2) is 115 Å². The van der Waals surface area contributed by atoms with Crippen molar-refractivity contribution < 1.29 is 19.2 Å². The Labute approximate surface area is 294 Å². The zero-order chi connectivity index (χ0) is 35.5. The van der Waals surface area contributed by atoms with Gasteiger partial charge in [0.2, 0.25) is 17.7 Å². The number of unbranched alkanes of at least 4 members (excludes halogenated alkanes) is 1. The molecule has 0 saturated heterocycles. The summed E-state index contributed by atoms with van der Waals surface area (Å²) in [5.74, 6) is -1.27. The Hall–Kier alpha value is -5.34. The van der Waals surface area contributed by atoms with Crippen molar-refractivity contribution in [3.63, 3.8) is 0 Å². The number of nitrogens with two attached hydrogens (primary N) is 1. The van der Waals surface area contributed by atoms with E-state index in [1.807, 2.05) is 115 Å². The largest absolute Gasteiger partial charge is 0.344 e. The Morgan fingerprint density at radius 3 is 1.70 bits per heavy atom. The molecule has 0 spiro atoms. The molecule has 8 heteroatoms. The van der Waals surface area contributed by atoms with Crippen LogP contribution in [0.5, 0.6) is 0 Å². The Kier molecular flexibility index (Phi) is 12.5. The van der Waals surface area contributed by atoms with Gasteiger partial charge < -0.3 is 21.3 Å². The third-order valence-electron chi connectivity index (χ3n) is 9.23. The Bertz CT molecular complexity index is 1940. The van der Waals surface area contributed by atoms with E-state index < -0.39 is 29.9 Å². The van der Waals surface area contributed by atoms with E-state index in [9.17, 15) is 19.2 Å². The molecule has 0 aromatic heterocycles. The quantitative estimate of drug-likeness (QED) is 0.119. The number of carbonyl (C=O) groups excluding carboxylic acids is 4. The van der Waals surface area contributed by atoms with Gasteiger partial charge in [0.25, 0.3) is 0 Å². The Morgan fingerprint density at radius 2 is 1.12 bits per heavy atom. The van der Waals surface area contributed by atoms with Crippen molar-refractivity contribution in [2.75, 3.05) is 13.6 Å². The lowest BCUT2D eigenvalue weighted by Gasteiger charge is -2.30. The van der Waals surface area contributed by atoms with Gasteiger partial charge >= 0.3 is 0 Å². The van der Waals surface area contributed by atoms with Crippen molar-refractivity contribution >= 4 is 45.0 Å². The predicted molar refractivity (Wildman–Crippen MR) is 199 cm³/mol. The van der Waals surface area contributed by atoms with Gasteiger partial charge in [-0.2, -0.15) is 0 Å². The van der Waals surface area contributed by atoms with Crippen LogP contribution in [0.2, 0.25) is 0 Å². The predicted octanol–water partition coefficient (Wildman–Crippen LogP) is 5.54. The summed E-state index contributed by atoms with van der Waals surface area (Å²) in [6, 6.07) is 34.7. The van der Waals surface area contributed by atoms with Crippen molar-refractivity contribution in [3.05, 3.63) is 132 Å². The summed E-state index contributed by atoms with van der Waals surface area (Å²) in [4.78, 5) is 56.1. The number of carbonyl (C=O) groups is 4.